The van der Waals surface area contributed by atoms with Crippen molar-refractivity contribution in [1.82, 2.24) is 10.2 Å². The van der Waals surface area contributed by atoms with E-state index >= 15 is 0 Å². The largest absolute Gasteiger partial charge is 0.497 e. The van der Waals surface area contributed by atoms with Crippen LogP contribution in [0.4, 0.5) is 5.69 Å². The summed E-state index contributed by atoms with van der Waals surface area (Å²) < 4.78 is 32.0. The van der Waals surface area contributed by atoms with Gasteiger partial charge < -0.3 is 15.0 Å². The smallest absolute Gasteiger partial charge is 0.243 e. The quantitative estimate of drug-likeness (QED) is 0.375. The number of hydrogen-bond acceptors (Lipinski definition) is 5. The van der Waals surface area contributed by atoms with Crippen LogP contribution in [0.25, 0.3) is 0 Å². The minimum Gasteiger partial charge on any atom is -0.497 e. The second-order valence-electron chi connectivity index (χ2n) is 9.77. The van der Waals surface area contributed by atoms with E-state index in [1.54, 1.807) is 18.1 Å². The standard InChI is InChI=1S/C29H43N3O5S/c1-8-22(4)30-29(34)26(9-2)31(20-24-14-11-15-25(19-24)37-6)28(33)17-12-18-32(38(7,35)36)27-16-10-13-21(3)23(27)5/h10-11,13-16,19,22,26H,8-9,12,17-18,20H2,1-7H3,(H,30,34)/t22-,26+/m0/s1. The average molecular weight is 546 g/mol. The second-order valence-corrected chi connectivity index (χ2v) is 11.7. The van der Waals surface area contributed by atoms with Gasteiger partial charge in [0.2, 0.25) is 21.8 Å². The first-order chi connectivity index (χ1) is 17.9. The number of carbonyl (C=O) groups is 2. The van der Waals surface area contributed by atoms with Crippen LogP contribution in [0.1, 0.15) is 63.1 Å². The van der Waals surface area contributed by atoms with Gasteiger partial charge in [-0.2, -0.15) is 0 Å². The topological polar surface area (TPSA) is 96.0 Å². The van der Waals surface area contributed by atoms with Crippen molar-refractivity contribution in [2.24, 2.45) is 0 Å². The maximum absolute atomic E-state index is 13.6. The minimum atomic E-state index is -3.55. The first-order valence-corrected chi connectivity index (χ1v) is 15.0. The predicted octanol–water partition coefficient (Wildman–Crippen LogP) is 4.58. The van der Waals surface area contributed by atoms with Crippen LogP contribution in [0.5, 0.6) is 5.75 Å². The molecule has 8 nitrogen and oxygen atoms in total. The molecule has 2 aromatic carbocycles. The molecule has 0 aliphatic heterocycles. The van der Waals surface area contributed by atoms with Gasteiger partial charge in [0.25, 0.3) is 0 Å². The van der Waals surface area contributed by atoms with Crippen molar-refractivity contribution >= 4 is 27.5 Å². The van der Waals surface area contributed by atoms with Gasteiger partial charge in [-0.1, -0.05) is 38.1 Å². The lowest BCUT2D eigenvalue weighted by Crippen LogP contribution is -2.50. The molecule has 2 atom stereocenters. The maximum Gasteiger partial charge on any atom is 0.243 e. The number of methoxy groups -OCH3 is 1. The number of rotatable bonds is 14. The molecule has 0 aromatic heterocycles. The number of anilines is 1. The van der Waals surface area contributed by atoms with Gasteiger partial charge in [-0.15, -0.1) is 0 Å². The van der Waals surface area contributed by atoms with Gasteiger partial charge in [0.1, 0.15) is 11.8 Å². The molecule has 210 valence electrons. The number of nitrogens with zero attached hydrogens (tertiary/aromatic N) is 2. The van der Waals surface area contributed by atoms with Crippen LogP contribution in [-0.2, 0) is 26.2 Å². The lowest BCUT2D eigenvalue weighted by molar-refractivity contribution is -0.141. The van der Waals surface area contributed by atoms with Gasteiger partial charge in [0.15, 0.2) is 0 Å². The van der Waals surface area contributed by atoms with Crippen LogP contribution in [0.2, 0.25) is 0 Å². The molecule has 0 spiro atoms. The highest BCUT2D eigenvalue weighted by Gasteiger charge is 2.29. The number of aryl methyl sites for hydroxylation is 1. The summed E-state index contributed by atoms with van der Waals surface area (Å²) in [6, 6.07) is 12.3. The van der Waals surface area contributed by atoms with E-state index in [1.807, 2.05) is 71.0 Å². The summed E-state index contributed by atoms with van der Waals surface area (Å²) in [6.07, 6.45) is 2.84. The molecule has 0 bridgehead atoms. The molecule has 2 amide bonds. The molecule has 0 aliphatic rings. The molecule has 0 heterocycles. The zero-order chi connectivity index (χ0) is 28.5. The summed E-state index contributed by atoms with van der Waals surface area (Å²) in [7, 11) is -1.97. The zero-order valence-electron chi connectivity index (χ0n) is 23.8. The fraction of sp³-hybridized carbons (Fsp3) is 0.517. The predicted molar refractivity (Wildman–Crippen MR) is 153 cm³/mol. The number of sulfonamides is 1. The average Bonchev–Trinajstić information content (AvgIpc) is 2.87. The van der Waals surface area contributed by atoms with E-state index in [9.17, 15) is 18.0 Å². The third-order valence-electron chi connectivity index (χ3n) is 6.87. The van der Waals surface area contributed by atoms with Crippen molar-refractivity contribution in [1.29, 1.82) is 0 Å². The molecule has 1 N–H and O–H groups in total. The number of ether oxygens (including phenoxy) is 1. The van der Waals surface area contributed by atoms with E-state index in [4.69, 9.17) is 4.74 Å². The molecular weight excluding hydrogens is 502 g/mol. The van der Waals surface area contributed by atoms with Crippen LogP contribution >= 0.6 is 0 Å². The third-order valence-corrected chi connectivity index (χ3v) is 8.05. The lowest BCUT2D eigenvalue weighted by Gasteiger charge is -2.32. The summed E-state index contributed by atoms with van der Waals surface area (Å²) in [5, 5.41) is 3.01. The Labute approximate surface area is 228 Å². The fourth-order valence-corrected chi connectivity index (χ4v) is 5.33. The van der Waals surface area contributed by atoms with Crippen molar-refractivity contribution in [2.75, 3.05) is 24.2 Å². The van der Waals surface area contributed by atoms with Crippen LogP contribution < -0.4 is 14.4 Å². The van der Waals surface area contributed by atoms with Crippen LogP contribution in [0, 0.1) is 13.8 Å². The normalized spacial score (nSPS) is 12.9. The first-order valence-electron chi connectivity index (χ1n) is 13.2. The molecule has 0 aliphatic carbocycles. The Balaban J connectivity index is 2.28. The molecular formula is C29H43N3O5S. The molecule has 2 rings (SSSR count). The lowest BCUT2D eigenvalue weighted by atomic mass is 10.1. The molecule has 0 unspecified atom stereocenters. The summed E-state index contributed by atoms with van der Waals surface area (Å²) in [5.74, 6) is 0.281. The van der Waals surface area contributed by atoms with E-state index in [1.165, 1.54) is 10.6 Å². The molecule has 9 heteroatoms. The monoisotopic (exact) mass is 545 g/mol. The van der Waals surface area contributed by atoms with Crippen molar-refractivity contribution in [3.8, 4) is 5.75 Å². The van der Waals surface area contributed by atoms with Gasteiger partial charge in [0.05, 0.1) is 19.1 Å². The molecule has 0 saturated heterocycles. The van der Waals surface area contributed by atoms with E-state index in [0.717, 1.165) is 23.1 Å². The van der Waals surface area contributed by atoms with Crippen molar-refractivity contribution in [3.05, 3.63) is 59.2 Å². The fourth-order valence-electron chi connectivity index (χ4n) is 4.32. The highest BCUT2D eigenvalue weighted by atomic mass is 32.2. The van der Waals surface area contributed by atoms with Gasteiger partial charge in [0, 0.05) is 25.6 Å². The Hall–Kier alpha value is -3.07. The summed E-state index contributed by atoms with van der Waals surface area (Å²) in [5.41, 5.74) is 3.35. The number of benzene rings is 2. The van der Waals surface area contributed by atoms with Crippen molar-refractivity contribution in [2.45, 2.75) is 78.9 Å². The Morgan fingerprint density at radius 2 is 1.74 bits per heavy atom. The highest BCUT2D eigenvalue weighted by Crippen LogP contribution is 2.26. The van der Waals surface area contributed by atoms with Gasteiger partial charge in [-0.05, 0) is 74.9 Å². The zero-order valence-corrected chi connectivity index (χ0v) is 24.6. The SMILES string of the molecule is CC[C@H](C(=O)N[C@@H](C)CC)N(Cc1cccc(OC)c1)C(=O)CCCN(c1cccc(C)c1C)S(C)(=O)=O. The first kappa shape index (κ1) is 31.1. The molecule has 0 radical (unpaired) electrons. The van der Waals surface area contributed by atoms with Gasteiger partial charge >= 0.3 is 0 Å². The number of nitrogens with one attached hydrogen (secondary N) is 1. The molecule has 0 fully saturated rings. The van der Waals surface area contributed by atoms with E-state index in [0.29, 0.717) is 24.3 Å². The number of carbonyl (C=O) groups excluding carboxylic acids is 2. The summed E-state index contributed by atoms with van der Waals surface area (Å²) >= 11 is 0. The van der Waals surface area contributed by atoms with Crippen molar-refractivity contribution < 1.29 is 22.7 Å². The maximum atomic E-state index is 13.6. The van der Waals surface area contributed by atoms with Crippen LogP contribution in [-0.4, -0.2) is 57.1 Å². The van der Waals surface area contributed by atoms with E-state index in [2.05, 4.69) is 5.32 Å². The number of amides is 2. The highest BCUT2D eigenvalue weighted by molar-refractivity contribution is 7.92. The summed E-state index contributed by atoms with van der Waals surface area (Å²) in [6.45, 7) is 10.1. The second kappa shape index (κ2) is 14.2. The van der Waals surface area contributed by atoms with E-state index in [-0.39, 0.29) is 37.4 Å². The Bertz CT molecular complexity index is 1200. The summed E-state index contributed by atoms with van der Waals surface area (Å²) in [4.78, 5) is 28.4. The van der Waals surface area contributed by atoms with Crippen molar-refractivity contribution in [3.63, 3.8) is 0 Å². The van der Waals surface area contributed by atoms with Crippen LogP contribution in [0.15, 0.2) is 42.5 Å². The molecule has 0 saturated carbocycles. The molecule has 38 heavy (non-hydrogen) atoms. The Morgan fingerprint density at radius 1 is 1.05 bits per heavy atom. The number of hydrogen-bond donors (Lipinski definition) is 1. The van der Waals surface area contributed by atoms with E-state index < -0.39 is 16.1 Å². The third kappa shape index (κ3) is 8.48. The molecule has 2 aromatic rings. The minimum absolute atomic E-state index is 0.00814. The van der Waals surface area contributed by atoms with Gasteiger partial charge in [-0.3, -0.25) is 13.9 Å². The van der Waals surface area contributed by atoms with Crippen LogP contribution in [0.3, 0.4) is 0 Å². The Kier molecular flexibility index (Phi) is 11.6. The Morgan fingerprint density at radius 3 is 2.34 bits per heavy atom. The van der Waals surface area contributed by atoms with Gasteiger partial charge in [-0.25, -0.2) is 8.42 Å².